The van der Waals surface area contributed by atoms with Crippen LogP contribution in [0.5, 0.6) is 0 Å². The smallest absolute Gasteiger partial charge is 0.293 e. The van der Waals surface area contributed by atoms with Crippen LogP contribution in [0, 0.1) is 5.41 Å². The van der Waals surface area contributed by atoms with E-state index in [4.69, 9.17) is 9.84 Å². The summed E-state index contributed by atoms with van der Waals surface area (Å²) in [4.78, 5) is 0. The van der Waals surface area contributed by atoms with E-state index in [0.29, 0.717) is 0 Å². The highest BCUT2D eigenvalue weighted by atomic mass is 19.3. The van der Waals surface area contributed by atoms with Crippen molar-refractivity contribution in [1.82, 2.24) is 0 Å². The van der Waals surface area contributed by atoms with Crippen LogP contribution in [0.3, 0.4) is 0 Å². The summed E-state index contributed by atoms with van der Waals surface area (Å²) in [7, 11) is 0. The Morgan fingerprint density at radius 2 is 1.25 bits per heavy atom. The third kappa shape index (κ3) is 3.65. The Labute approximate surface area is 142 Å². The minimum atomic E-state index is -3.29. The molecule has 24 heavy (non-hydrogen) atoms. The Morgan fingerprint density at radius 1 is 0.833 bits per heavy atom. The normalized spacial score (nSPS) is 13.1. The Balaban J connectivity index is 2.62. The summed E-state index contributed by atoms with van der Waals surface area (Å²) in [6.07, 6.45) is 0. The molecule has 0 aliphatic rings. The predicted molar refractivity (Wildman–Crippen MR) is 91.1 cm³/mol. The van der Waals surface area contributed by atoms with Crippen LogP contribution in [0.1, 0.15) is 31.9 Å². The Bertz CT molecular complexity index is 594. The van der Waals surface area contributed by atoms with Crippen LogP contribution in [0.15, 0.2) is 60.7 Å². The number of aliphatic hydroxyl groups excluding tert-OH is 1. The first-order valence-electron chi connectivity index (χ1n) is 7.97. The molecule has 0 saturated heterocycles. The number of ether oxygens (including phenoxy) is 1. The van der Waals surface area contributed by atoms with Crippen molar-refractivity contribution in [1.29, 1.82) is 0 Å². The quantitative estimate of drug-likeness (QED) is 0.835. The number of alkyl halides is 2. The summed E-state index contributed by atoms with van der Waals surface area (Å²) in [6.45, 7) is 3.79. The molecule has 0 saturated carbocycles. The highest BCUT2D eigenvalue weighted by Gasteiger charge is 2.48. The number of benzene rings is 2. The van der Waals surface area contributed by atoms with Crippen LogP contribution in [0.2, 0.25) is 0 Å². The van der Waals surface area contributed by atoms with E-state index >= 15 is 0 Å². The van der Waals surface area contributed by atoms with Gasteiger partial charge in [0, 0.05) is 0 Å². The van der Waals surface area contributed by atoms with Gasteiger partial charge in [0.25, 0.3) is 5.92 Å². The van der Waals surface area contributed by atoms with Crippen LogP contribution < -0.4 is 0 Å². The van der Waals surface area contributed by atoms with Crippen molar-refractivity contribution in [2.45, 2.75) is 32.3 Å². The average molecular weight is 334 g/mol. The molecule has 2 aromatic carbocycles. The topological polar surface area (TPSA) is 29.5 Å². The van der Waals surface area contributed by atoms with Crippen molar-refractivity contribution >= 4 is 0 Å². The summed E-state index contributed by atoms with van der Waals surface area (Å²) >= 11 is 0. The number of hydrogen-bond acceptors (Lipinski definition) is 2. The molecule has 1 N–H and O–H groups in total. The average Bonchev–Trinajstić information content (AvgIpc) is 2.56. The van der Waals surface area contributed by atoms with Crippen molar-refractivity contribution in [2.24, 2.45) is 5.41 Å². The number of aliphatic hydroxyl groups is 1. The van der Waals surface area contributed by atoms with Gasteiger partial charge >= 0.3 is 0 Å². The molecule has 0 unspecified atom stereocenters. The molecule has 0 atom stereocenters. The zero-order chi connectivity index (χ0) is 17.8. The van der Waals surface area contributed by atoms with Gasteiger partial charge in [-0.3, -0.25) is 0 Å². The summed E-state index contributed by atoms with van der Waals surface area (Å²) in [5, 5.41) is 8.90. The summed E-state index contributed by atoms with van der Waals surface area (Å²) in [6, 6.07) is 18.8. The monoisotopic (exact) mass is 334 g/mol. The zero-order valence-electron chi connectivity index (χ0n) is 14.3. The number of halogens is 2. The largest absolute Gasteiger partial charge is 0.390 e. The maximum atomic E-state index is 13.7. The Kier molecular flexibility index (Phi) is 5.41. The molecule has 0 aliphatic heterocycles. The molecule has 0 fully saturated rings. The van der Waals surface area contributed by atoms with Crippen LogP contribution >= 0.6 is 0 Å². The first kappa shape index (κ1) is 18.6. The van der Waals surface area contributed by atoms with Gasteiger partial charge in [0.2, 0.25) is 0 Å². The van der Waals surface area contributed by atoms with E-state index < -0.39 is 30.2 Å². The first-order valence-corrected chi connectivity index (χ1v) is 7.97. The molecule has 130 valence electrons. The molecule has 4 heteroatoms. The van der Waals surface area contributed by atoms with Crippen LogP contribution in [-0.4, -0.2) is 24.2 Å². The minimum Gasteiger partial charge on any atom is -0.390 e. The molecule has 2 aromatic rings. The van der Waals surface area contributed by atoms with Gasteiger partial charge in [-0.05, 0) is 16.5 Å². The standard InChI is InChI=1S/C20H24F2O2/c1-18(2,3)20(16-10-6-4-7-11-16,17-12-8-5-9-13-17)24-15-19(21,22)14-23/h4-13,23H,14-15H2,1-3H3. The van der Waals surface area contributed by atoms with E-state index in [1.54, 1.807) is 0 Å². The molecule has 0 aromatic heterocycles. The van der Waals surface area contributed by atoms with Gasteiger partial charge in [-0.25, -0.2) is 8.78 Å². The molecule has 0 spiro atoms. The highest BCUT2D eigenvalue weighted by Crippen LogP contribution is 2.48. The van der Waals surface area contributed by atoms with Gasteiger partial charge in [0.15, 0.2) is 0 Å². The van der Waals surface area contributed by atoms with Crippen molar-refractivity contribution in [3.63, 3.8) is 0 Å². The lowest BCUT2D eigenvalue weighted by Crippen LogP contribution is -2.46. The fourth-order valence-electron chi connectivity index (χ4n) is 3.02. The van der Waals surface area contributed by atoms with Gasteiger partial charge in [-0.1, -0.05) is 81.4 Å². The highest BCUT2D eigenvalue weighted by molar-refractivity contribution is 5.38. The fraction of sp³-hybridized carbons (Fsp3) is 0.400. The van der Waals surface area contributed by atoms with Gasteiger partial charge in [0.05, 0.1) is 0 Å². The van der Waals surface area contributed by atoms with Gasteiger partial charge < -0.3 is 9.84 Å². The van der Waals surface area contributed by atoms with Crippen LogP contribution in [-0.2, 0) is 10.3 Å². The van der Waals surface area contributed by atoms with Crippen molar-refractivity contribution in [3.8, 4) is 0 Å². The molecule has 0 radical (unpaired) electrons. The van der Waals surface area contributed by atoms with Crippen LogP contribution in [0.25, 0.3) is 0 Å². The molecule has 0 amide bonds. The fourth-order valence-corrected chi connectivity index (χ4v) is 3.02. The molecule has 2 rings (SSSR count). The van der Waals surface area contributed by atoms with E-state index in [9.17, 15) is 8.78 Å². The molecule has 0 heterocycles. The molecular formula is C20H24F2O2. The van der Waals surface area contributed by atoms with Gasteiger partial charge in [-0.2, -0.15) is 0 Å². The van der Waals surface area contributed by atoms with Crippen molar-refractivity contribution in [3.05, 3.63) is 71.8 Å². The van der Waals surface area contributed by atoms with E-state index in [2.05, 4.69) is 0 Å². The van der Waals surface area contributed by atoms with Gasteiger partial charge in [0.1, 0.15) is 18.8 Å². The first-order chi connectivity index (χ1) is 11.2. The second kappa shape index (κ2) is 6.99. The molecule has 2 nitrogen and oxygen atoms in total. The lowest BCUT2D eigenvalue weighted by Gasteiger charge is -2.46. The molecule has 0 bridgehead atoms. The summed E-state index contributed by atoms with van der Waals surface area (Å²) < 4.78 is 33.4. The number of rotatable bonds is 6. The van der Waals surface area contributed by atoms with E-state index in [1.807, 2.05) is 81.4 Å². The van der Waals surface area contributed by atoms with Gasteiger partial charge in [-0.15, -0.1) is 0 Å². The van der Waals surface area contributed by atoms with Crippen molar-refractivity contribution < 1.29 is 18.6 Å². The maximum Gasteiger partial charge on any atom is 0.293 e. The van der Waals surface area contributed by atoms with E-state index in [1.165, 1.54) is 0 Å². The maximum absolute atomic E-state index is 13.7. The third-order valence-corrected chi connectivity index (χ3v) is 4.15. The third-order valence-electron chi connectivity index (χ3n) is 4.15. The minimum absolute atomic E-state index is 0.499. The van der Waals surface area contributed by atoms with E-state index in [-0.39, 0.29) is 0 Å². The number of hydrogen-bond donors (Lipinski definition) is 1. The van der Waals surface area contributed by atoms with Crippen LogP contribution in [0.4, 0.5) is 8.78 Å². The predicted octanol–water partition coefficient (Wildman–Crippen LogP) is 4.62. The Morgan fingerprint density at radius 3 is 1.58 bits per heavy atom. The lowest BCUT2D eigenvalue weighted by molar-refractivity contribution is -0.174. The summed E-state index contributed by atoms with van der Waals surface area (Å²) in [5.41, 5.74) is 0.0462. The lowest BCUT2D eigenvalue weighted by atomic mass is 9.68. The van der Waals surface area contributed by atoms with Crippen molar-refractivity contribution in [2.75, 3.05) is 13.2 Å². The molecular weight excluding hydrogens is 310 g/mol. The van der Waals surface area contributed by atoms with E-state index in [0.717, 1.165) is 11.1 Å². The SMILES string of the molecule is CC(C)(C)C(OCC(F)(F)CO)(c1ccccc1)c1ccccc1. The Hall–Kier alpha value is -1.78. The summed E-state index contributed by atoms with van der Waals surface area (Å²) in [5.74, 6) is -3.29. The second-order valence-corrected chi connectivity index (χ2v) is 6.97. The molecule has 0 aliphatic carbocycles. The second-order valence-electron chi connectivity index (χ2n) is 6.97. The zero-order valence-corrected chi connectivity index (χ0v) is 14.3.